The lowest BCUT2D eigenvalue weighted by Crippen LogP contribution is -2.46. The van der Waals surface area contributed by atoms with Gasteiger partial charge in [0.2, 0.25) is 11.8 Å². The zero-order valence-corrected chi connectivity index (χ0v) is 32.7. The van der Waals surface area contributed by atoms with Gasteiger partial charge in [-0.1, -0.05) is 20.8 Å². The Hall–Kier alpha value is -2.44. The molecule has 1 aliphatic rings. The molecule has 0 aliphatic carbocycles. The highest BCUT2D eigenvalue weighted by Gasteiger charge is 2.51. The maximum absolute atomic E-state index is 12.8. The second-order valence-corrected chi connectivity index (χ2v) is 17.1. The zero-order valence-electron chi connectivity index (χ0n) is 29.2. The third-order valence-electron chi connectivity index (χ3n) is 7.70. The van der Waals surface area contributed by atoms with Crippen LogP contribution in [-0.4, -0.2) is 123 Å². The summed E-state index contributed by atoms with van der Waals surface area (Å²) in [7, 11) is -16.5. The van der Waals surface area contributed by atoms with Crippen molar-refractivity contribution in [2.24, 2.45) is 5.41 Å². The Balaban J connectivity index is 1.71. The first-order chi connectivity index (χ1) is 25.0. The van der Waals surface area contributed by atoms with Crippen molar-refractivity contribution in [3.8, 4) is 0 Å². The van der Waals surface area contributed by atoms with Crippen molar-refractivity contribution in [2.45, 2.75) is 77.1 Å². The van der Waals surface area contributed by atoms with Crippen molar-refractivity contribution in [1.29, 1.82) is 0 Å². The van der Waals surface area contributed by atoms with E-state index in [1.54, 1.807) is 6.92 Å². The predicted molar refractivity (Wildman–Crippen MR) is 187 cm³/mol. The molecule has 54 heavy (non-hydrogen) atoms. The molecule has 0 bridgehead atoms. The molecule has 0 radical (unpaired) electrons. The van der Waals surface area contributed by atoms with Crippen molar-refractivity contribution in [3.05, 3.63) is 12.2 Å². The van der Waals surface area contributed by atoms with E-state index in [0.717, 1.165) is 6.33 Å². The fourth-order valence-electron chi connectivity index (χ4n) is 4.91. The highest BCUT2D eigenvalue weighted by molar-refractivity contribution is 7.80. The van der Waals surface area contributed by atoms with Crippen LogP contribution < -0.4 is 16.4 Å². The van der Waals surface area contributed by atoms with Crippen LogP contribution in [0.1, 0.15) is 52.1 Å². The number of nitrogens with one attached hydrogen (secondary N) is 2. The van der Waals surface area contributed by atoms with E-state index in [9.17, 15) is 57.9 Å². The molecule has 306 valence electrons. The topological polar surface area (TPSA) is 364 Å². The first-order valence-corrected chi connectivity index (χ1v) is 21.2. The minimum absolute atomic E-state index is 0.0140. The average Bonchev–Trinajstić information content (AvgIpc) is 3.59. The molecule has 28 heteroatoms. The van der Waals surface area contributed by atoms with Gasteiger partial charge in [-0.15, -0.1) is 0 Å². The van der Waals surface area contributed by atoms with Gasteiger partial charge in [-0.25, -0.2) is 28.6 Å². The number of thiol groups is 1. The van der Waals surface area contributed by atoms with Crippen LogP contribution in [0.25, 0.3) is 11.2 Å². The summed E-state index contributed by atoms with van der Waals surface area (Å²) in [4.78, 5) is 88.0. The van der Waals surface area contributed by atoms with E-state index in [1.165, 1.54) is 18.4 Å². The Labute approximate surface area is 313 Å². The molecule has 3 heterocycles. The number of carbonyl (C=O) groups excluding carboxylic acids is 3. The third kappa shape index (κ3) is 13.1. The van der Waals surface area contributed by atoms with E-state index in [0.29, 0.717) is 12.3 Å². The van der Waals surface area contributed by atoms with Gasteiger partial charge in [0.25, 0.3) is 0 Å². The van der Waals surface area contributed by atoms with Crippen LogP contribution in [0, 0.1) is 5.41 Å². The van der Waals surface area contributed by atoms with E-state index in [4.69, 9.17) is 24.0 Å². The van der Waals surface area contributed by atoms with E-state index in [1.807, 2.05) is 0 Å². The normalized spacial score (nSPS) is 22.0. The Morgan fingerprint density at radius 1 is 1.07 bits per heavy atom. The number of hydrogen-bond acceptors (Lipinski definition) is 18. The first kappa shape index (κ1) is 45.9. The van der Waals surface area contributed by atoms with E-state index < -0.39 is 78.6 Å². The zero-order chi connectivity index (χ0) is 40.6. The Morgan fingerprint density at radius 2 is 1.74 bits per heavy atom. The number of amides is 2. The van der Waals surface area contributed by atoms with Gasteiger partial charge in [0.1, 0.15) is 42.4 Å². The summed E-state index contributed by atoms with van der Waals surface area (Å²) in [5, 5.41) is 26.5. The molecule has 0 spiro atoms. The summed E-state index contributed by atoms with van der Waals surface area (Å²) in [6.45, 7) is 2.26. The van der Waals surface area contributed by atoms with Crippen LogP contribution in [0.2, 0.25) is 0 Å². The highest BCUT2D eigenvalue weighted by Crippen LogP contribution is 2.61. The Bertz CT molecular complexity index is 1800. The number of nitrogens with two attached hydrogens (primary N) is 1. The summed E-state index contributed by atoms with van der Waals surface area (Å²) >= 11 is 3.96. The number of nitrogens with zero attached hydrogens (tertiary/aromatic N) is 4. The lowest BCUT2D eigenvalue weighted by Gasteiger charge is -2.30. The predicted octanol–water partition coefficient (Wildman–Crippen LogP) is -0.754. The van der Waals surface area contributed by atoms with Crippen molar-refractivity contribution >= 4 is 70.7 Å². The maximum atomic E-state index is 12.8. The second kappa shape index (κ2) is 19.1. The Kier molecular flexibility index (Phi) is 16.3. The summed E-state index contributed by atoms with van der Waals surface area (Å²) in [6.07, 6.45) is -8.12. The van der Waals surface area contributed by atoms with Gasteiger partial charge in [-0.3, -0.25) is 32.5 Å². The summed E-state index contributed by atoms with van der Waals surface area (Å²) in [5.74, 6) is -1.09. The van der Waals surface area contributed by atoms with Gasteiger partial charge in [0.15, 0.2) is 23.2 Å². The third-order valence-corrected chi connectivity index (χ3v) is 11.0. The minimum atomic E-state index is -5.61. The highest BCUT2D eigenvalue weighted by atomic mass is 32.1. The molecule has 1 aliphatic heterocycles. The minimum Gasteiger partial charge on any atom is -0.386 e. The number of ketones is 1. The van der Waals surface area contributed by atoms with E-state index >= 15 is 0 Å². The van der Waals surface area contributed by atoms with Crippen molar-refractivity contribution in [3.63, 3.8) is 0 Å². The van der Waals surface area contributed by atoms with Crippen LogP contribution in [-0.2, 0) is 57.1 Å². The Morgan fingerprint density at radius 3 is 2.37 bits per heavy atom. The van der Waals surface area contributed by atoms with Crippen LogP contribution in [0.3, 0.4) is 0 Å². The lowest BCUT2D eigenvalue weighted by molar-refractivity contribution is -0.137. The number of Topliss-reactive ketones (excluding diaryl/α,β-unsaturated/α-hetero) is 1. The molecule has 0 aromatic carbocycles. The molecular formula is C26H44N7O17P3S. The molecule has 3 rings (SSSR count). The van der Waals surface area contributed by atoms with Crippen LogP contribution in [0.5, 0.6) is 0 Å². The SMILES string of the molecule is CCC(=O)CCc1nc2c(N)ncnc2n1[C@@H]1O[C@H](COP(=O)(O)OP(=O)(O)OCC(C)(C)[C@@H](O)C(=O)NCCC(=O)NCCS)[C@@H](OP(=O)(O)O)[C@H]1O. The number of phosphoric ester groups is 3. The number of anilines is 1. The number of phosphoric acid groups is 3. The number of imidazole rings is 1. The number of nitrogen functional groups attached to an aromatic ring is 1. The number of aromatic nitrogens is 4. The fourth-order valence-corrected chi connectivity index (χ4v) is 7.85. The number of ether oxygens (including phenoxy) is 1. The largest absolute Gasteiger partial charge is 0.481 e. The summed E-state index contributed by atoms with van der Waals surface area (Å²) in [6, 6.07) is 0. The standard InChI is InChI=1S/C26H44N7O17P3S/c1-4-14(34)5-6-16-32-18-22(27)30-13-31-23(18)33(16)25-19(36)20(49-51(39,40)41)15(48-25)11-46-52(42,43)50-53(44,45)47-12-26(2,3)21(37)24(38)29-8-7-17(35)28-9-10-54/h13,15,19-21,25,36-37,54H,4-12H2,1-3H3,(H,28,35)(H,29,38)(H,42,43)(H,44,45)(H2,27,30,31)(H2,39,40,41)/t15-,19-,20-,21+,25-/m1/s1. The van der Waals surface area contributed by atoms with Crippen LogP contribution >= 0.6 is 36.1 Å². The fraction of sp³-hybridized carbons (Fsp3) is 0.692. The van der Waals surface area contributed by atoms with Gasteiger partial charge in [-0.2, -0.15) is 16.9 Å². The molecule has 2 unspecified atom stereocenters. The lowest BCUT2D eigenvalue weighted by atomic mass is 9.87. The number of hydrogen-bond donors (Lipinski definition) is 10. The quantitative estimate of drug-likeness (QED) is 0.0514. The van der Waals surface area contributed by atoms with Gasteiger partial charge >= 0.3 is 23.5 Å². The molecule has 2 aromatic rings. The number of aliphatic hydroxyl groups excluding tert-OH is 2. The smallest absolute Gasteiger partial charge is 0.386 e. The molecule has 1 fully saturated rings. The van der Waals surface area contributed by atoms with E-state index in [2.05, 4.69) is 42.5 Å². The van der Waals surface area contributed by atoms with Crippen LogP contribution in [0.4, 0.5) is 5.82 Å². The first-order valence-electron chi connectivity index (χ1n) is 16.1. The summed E-state index contributed by atoms with van der Waals surface area (Å²) in [5.41, 5.74) is 4.34. The molecule has 7 atom stereocenters. The summed E-state index contributed by atoms with van der Waals surface area (Å²) < 4.78 is 62.8. The van der Waals surface area contributed by atoms with Gasteiger partial charge in [0, 0.05) is 49.9 Å². The molecule has 1 saturated heterocycles. The second-order valence-electron chi connectivity index (χ2n) is 12.4. The molecule has 0 saturated carbocycles. The molecular weight excluding hydrogens is 807 g/mol. The molecule has 24 nitrogen and oxygen atoms in total. The number of rotatable bonds is 22. The van der Waals surface area contributed by atoms with Crippen molar-refractivity contribution in [1.82, 2.24) is 30.2 Å². The average molecular weight is 852 g/mol. The molecule has 10 N–H and O–H groups in total. The van der Waals surface area contributed by atoms with Crippen LogP contribution in [0.15, 0.2) is 6.33 Å². The number of aryl methyl sites for hydroxylation is 1. The van der Waals surface area contributed by atoms with E-state index in [-0.39, 0.29) is 66.7 Å². The number of fused-ring (bicyclic) bond motifs is 1. The van der Waals surface area contributed by atoms with Gasteiger partial charge in [-0.05, 0) is 0 Å². The maximum Gasteiger partial charge on any atom is 0.481 e. The van der Waals surface area contributed by atoms with Gasteiger partial charge in [0.05, 0.1) is 13.2 Å². The monoisotopic (exact) mass is 851 g/mol. The van der Waals surface area contributed by atoms with Crippen molar-refractivity contribution in [2.75, 3.05) is 37.8 Å². The van der Waals surface area contributed by atoms with Crippen molar-refractivity contribution < 1.29 is 80.5 Å². The molecule has 2 aromatic heterocycles. The number of carbonyl (C=O) groups is 3. The van der Waals surface area contributed by atoms with Gasteiger partial charge < -0.3 is 50.9 Å². The number of aliphatic hydroxyl groups is 2. The molecule has 2 amide bonds.